The van der Waals surface area contributed by atoms with Crippen LogP contribution in [0.25, 0.3) is 0 Å². The van der Waals surface area contributed by atoms with Gasteiger partial charge in [-0.1, -0.05) is 11.8 Å². The minimum absolute atomic E-state index is 0.0551. The number of amides is 1. The highest BCUT2D eigenvalue weighted by molar-refractivity contribution is 7.99. The van der Waals surface area contributed by atoms with Gasteiger partial charge >= 0.3 is 0 Å². The Balaban J connectivity index is 2.42. The van der Waals surface area contributed by atoms with Crippen molar-refractivity contribution < 1.29 is 4.79 Å². The fourth-order valence-corrected chi connectivity index (χ4v) is 3.28. The number of hydrogen-bond acceptors (Lipinski definition) is 4. The highest BCUT2D eigenvalue weighted by Crippen LogP contribution is 2.21. The van der Waals surface area contributed by atoms with Crippen LogP contribution >= 0.6 is 11.8 Å². The highest BCUT2D eigenvalue weighted by atomic mass is 32.2. The van der Waals surface area contributed by atoms with Crippen LogP contribution in [-0.2, 0) is 6.54 Å². The molecule has 1 aliphatic heterocycles. The van der Waals surface area contributed by atoms with E-state index in [0.717, 1.165) is 5.75 Å². The van der Waals surface area contributed by atoms with Gasteiger partial charge in [0, 0.05) is 30.6 Å². The van der Waals surface area contributed by atoms with E-state index in [0.29, 0.717) is 11.7 Å². The lowest BCUT2D eigenvalue weighted by molar-refractivity contribution is 0.0640. The topological polar surface area (TPSA) is 55.2 Å². The molecular formula is C13H19N3O2S. The first-order chi connectivity index (χ1) is 8.93. The van der Waals surface area contributed by atoms with Crippen molar-refractivity contribution in [2.45, 2.75) is 51.5 Å². The van der Waals surface area contributed by atoms with Crippen LogP contribution in [0.3, 0.4) is 0 Å². The lowest BCUT2D eigenvalue weighted by atomic mass is 10.2. The van der Waals surface area contributed by atoms with E-state index in [2.05, 4.69) is 4.98 Å². The van der Waals surface area contributed by atoms with Crippen molar-refractivity contribution in [1.82, 2.24) is 14.5 Å². The number of fused-ring (bicyclic) bond motifs is 1. The van der Waals surface area contributed by atoms with Gasteiger partial charge in [0.15, 0.2) is 5.16 Å². The number of aromatic nitrogens is 2. The average molecular weight is 281 g/mol. The van der Waals surface area contributed by atoms with E-state index >= 15 is 0 Å². The molecule has 6 heteroatoms. The van der Waals surface area contributed by atoms with Gasteiger partial charge in [-0.05, 0) is 27.7 Å². The second-order valence-electron chi connectivity index (χ2n) is 5.16. The molecule has 1 aromatic rings. The lowest BCUT2D eigenvalue weighted by Crippen LogP contribution is -2.44. The first-order valence-electron chi connectivity index (χ1n) is 6.48. The van der Waals surface area contributed by atoms with Crippen LogP contribution < -0.4 is 5.56 Å². The fourth-order valence-electron chi connectivity index (χ4n) is 2.37. The summed E-state index contributed by atoms with van der Waals surface area (Å²) in [7, 11) is 0. The Bertz CT molecular complexity index is 543. The first kappa shape index (κ1) is 14.1. The zero-order valence-corrected chi connectivity index (χ0v) is 12.5. The number of rotatable bonds is 3. The predicted molar refractivity (Wildman–Crippen MR) is 75.7 cm³/mol. The second kappa shape index (κ2) is 5.36. The summed E-state index contributed by atoms with van der Waals surface area (Å²) in [5.41, 5.74) is -0.0417. The van der Waals surface area contributed by atoms with Crippen LogP contribution in [0.4, 0.5) is 0 Å². The van der Waals surface area contributed by atoms with Crippen LogP contribution in [0.1, 0.15) is 38.1 Å². The summed E-state index contributed by atoms with van der Waals surface area (Å²) in [6.45, 7) is 8.44. The summed E-state index contributed by atoms with van der Waals surface area (Å²) in [6.07, 6.45) is 1.42. The molecule has 0 unspecified atom stereocenters. The molecule has 0 spiro atoms. The molecular weight excluding hydrogens is 262 g/mol. The molecule has 0 atom stereocenters. The van der Waals surface area contributed by atoms with Crippen molar-refractivity contribution in [3.63, 3.8) is 0 Å². The summed E-state index contributed by atoms with van der Waals surface area (Å²) in [5.74, 6) is 0.618. The third-order valence-corrected chi connectivity index (χ3v) is 4.10. The Hall–Kier alpha value is -1.30. The zero-order chi connectivity index (χ0) is 14.2. The van der Waals surface area contributed by atoms with Gasteiger partial charge in [-0.15, -0.1) is 0 Å². The summed E-state index contributed by atoms with van der Waals surface area (Å²) in [5, 5.41) is 0.710. The van der Waals surface area contributed by atoms with Gasteiger partial charge in [0.2, 0.25) is 0 Å². The Morgan fingerprint density at radius 3 is 2.58 bits per heavy atom. The average Bonchev–Trinajstić information content (AvgIpc) is 2.77. The molecule has 0 saturated heterocycles. The molecule has 104 valence electrons. The minimum atomic E-state index is -0.227. The highest BCUT2D eigenvalue weighted by Gasteiger charge is 2.26. The van der Waals surface area contributed by atoms with E-state index in [1.54, 1.807) is 21.2 Å². The summed E-state index contributed by atoms with van der Waals surface area (Å²) in [6, 6.07) is 0.110. The van der Waals surface area contributed by atoms with Gasteiger partial charge in [-0.25, -0.2) is 4.98 Å². The van der Waals surface area contributed by atoms with Crippen molar-refractivity contribution in [2.75, 3.05) is 5.75 Å². The first-order valence-corrected chi connectivity index (χ1v) is 7.47. The summed E-state index contributed by atoms with van der Waals surface area (Å²) >= 11 is 1.55. The summed E-state index contributed by atoms with van der Waals surface area (Å²) in [4.78, 5) is 30.8. The molecule has 1 aromatic heterocycles. The number of carbonyl (C=O) groups is 1. The van der Waals surface area contributed by atoms with E-state index in [1.165, 1.54) is 6.20 Å². The molecule has 0 aliphatic carbocycles. The monoisotopic (exact) mass is 281 g/mol. The van der Waals surface area contributed by atoms with E-state index in [4.69, 9.17) is 0 Å². The predicted octanol–water partition coefficient (Wildman–Crippen LogP) is 1.61. The molecule has 0 radical (unpaired) electrons. The van der Waals surface area contributed by atoms with Crippen LogP contribution in [-0.4, -0.2) is 38.2 Å². The molecule has 1 amide bonds. The number of nitrogens with zero attached hydrogens (tertiary/aromatic N) is 3. The van der Waals surface area contributed by atoms with Crippen molar-refractivity contribution in [2.24, 2.45) is 0 Å². The van der Waals surface area contributed by atoms with Crippen LogP contribution in [0.15, 0.2) is 16.1 Å². The quantitative estimate of drug-likeness (QED) is 0.790. The third kappa shape index (κ3) is 2.54. The van der Waals surface area contributed by atoms with Gasteiger partial charge in [0.05, 0.1) is 0 Å². The second-order valence-corrected chi connectivity index (χ2v) is 6.22. The molecule has 2 rings (SSSR count). The molecule has 0 saturated carbocycles. The molecule has 0 bridgehead atoms. The van der Waals surface area contributed by atoms with Gasteiger partial charge in [-0.3, -0.25) is 14.2 Å². The Labute approximate surface area is 117 Å². The number of hydrogen-bond donors (Lipinski definition) is 0. The third-order valence-electron chi connectivity index (χ3n) is 3.13. The Morgan fingerprint density at radius 1 is 1.37 bits per heavy atom. The molecule has 0 fully saturated rings. The molecule has 5 nitrogen and oxygen atoms in total. The SMILES string of the molecule is CC(C)N(C(=O)c1cnc2n(c1=O)CCS2)C(C)C. The number of carbonyl (C=O) groups excluding carboxylic acids is 1. The largest absolute Gasteiger partial charge is 0.334 e. The van der Waals surface area contributed by atoms with Crippen molar-refractivity contribution in [3.8, 4) is 0 Å². The Kier molecular flexibility index (Phi) is 3.99. The molecule has 2 heterocycles. The van der Waals surface area contributed by atoms with Gasteiger partial charge in [0.25, 0.3) is 11.5 Å². The van der Waals surface area contributed by atoms with Crippen LogP contribution in [0, 0.1) is 0 Å². The fraction of sp³-hybridized carbons (Fsp3) is 0.615. The smallest absolute Gasteiger partial charge is 0.267 e. The summed E-state index contributed by atoms with van der Waals surface area (Å²) < 4.78 is 1.59. The zero-order valence-electron chi connectivity index (χ0n) is 11.7. The van der Waals surface area contributed by atoms with E-state index in [-0.39, 0.29) is 29.1 Å². The van der Waals surface area contributed by atoms with E-state index < -0.39 is 0 Å². The molecule has 0 N–H and O–H groups in total. The molecule has 19 heavy (non-hydrogen) atoms. The lowest BCUT2D eigenvalue weighted by Gasteiger charge is -2.30. The maximum Gasteiger partial charge on any atom is 0.267 e. The Morgan fingerprint density at radius 2 is 2.00 bits per heavy atom. The van der Waals surface area contributed by atoms with E-state index in [1.807, 2.05) is 27.7 Å². The molecule has 0 aromatic carbocycles. The standard InChI is InChI=1S/C13H19N3O2S/c1-8(2)16(9(3)4)12(18)10-7-14-13-15(11(10)17)5-6-19-13/h7-9H,5-6H2,1-4H3. The van der Waals surface area contributed by atoms with Crippen LogP contribution in [0.2, 0.25) is 0 Å². The number of thioether (sulfide) groups is 1. The van der Waals surface area contributed by atoms with Crippen molar-refractivity contribution in [3.05, 3.63) is 22.1 Å². The van der Waals surface area contributed by atoms with Crippen LogP contribution in [0.5, 0.6) is 0 Å². The minimum Gasteiger partial charge on any atom is -0.334 e. The van der Waals surface area contributed by atoms with Gasteiger partial charge in [-0.2, -0.15) is 0 Å². The van der Waals surface area contributed by atoms with Crippen molar-refractivity contribution in [1.29, 1.82) is 0 Å². The molecule has 1 aliphatic rings. The van der Waals surface area contributed by atoms with Gasteiger partial charge in [0.1, 0.15) is 5.56 Å². The normalized spacial score (nSPS) is 14.0. The van der Waals surface area contributed by atoms with E-state index in [9.17, 15) is 9.59 Å². The maximum atomic E-state index is 12.5. The maximum absolute atomic E-state index is 12.5. The van der Waals surface area contributed by atoms with Crippen molar-refractivity contribution >= 4 is 17.7 Å². The van der Waals surface area contributed by atoms with Gasteiger partial charge < -0.3 is 4.90 Å².